The Kier molecular flexibility index (Phi) is 5.30. The number of hydrogen-bond donors (Lipinski definition) is 1. The maximum atomic E-state index is 11.9. The molecule has 96 valence electrons. The number of carbonyl (C=O) groups is 1. The van der Waals surface area contributed by atoms with Gasteiger partial charge in [-0.1, -0.05) is 11.3 Å². The van der Waals surface area contributed by atoms with E-state index < -0.39 is 0 Å². The first-order valence-corrected chi connectivity index (χ1v) is 6.27. The minimum Gasteiger partial charge on any atom is -0.363 e. The summed E-state index contributed by atoms with van der Waals surface area (Å²) in [7, 11) is 7.59. The van der Waals surface area contributed by atoms with Gasteiger partial charge >= 0.3 is 0 Å². The molecule has 1 aromatic heterocycles. The van der Waals surface area contributed by atoms with Gasteiger partial charge in [-0.05, 0) is 27.1 Å². The van der Waals surface area contributed by atoms with Crippen molar-refractivity contribution in [3.05, 3.63) is 5.01 Å². The van der Waals surface area contributed by atoms with Crippen molar-refractivity contribution < 1.29 is 4.79 Å². The molecule has 1 rings (SSSR count). The fraction of sp³-hybridized carbons (Fsp3) is 0.700. The van der Waals surface area contributed by atoms with Gasteiger partial charge in [-0.3, -0.25) is 4.79 Å². The number of nitrogens with zero attached hydrogens (tertiary/aromatic N) is 4. The molecule has 0 aliphatic carbocycles. The van der Waals surface area contributed by atoms with Crippen molar-refractivity contribution in [2.45, 2.75) is 6.42 Å². The molecule has 0 saturated carbocycles. The lowest BCUT2D eigenvalue weighted by molar-refractivity contribution is 0.0789. The number of amides is 1. The van der Waals surface area contributed by atoms with Gasteiger partial charge in [-0.15, -0.1) is 10.2 Å². The van der Waals surface area contributed by atoms with Gasteiger partial charge < -0.3 is 15.1 Å². The molecule has 17 heavy (non-hydrogen) atoms. The van der Waals surface area contributed by atoms with E-state index in [4.69, 9.17) is 0 Å². The minimum atomic E-state index is -0.0669. The quantitative estimate of drug-likeness (QED) is 0.809. The summed E-state index contributed by atoms with van der Waals surface area (Å²) in [5.41, 5.74) is 0. The molecule has 0 unspecified atom stereocenters. The van der Waals surface area contributed by atoms with Crippen LogP contribution >= 0.6 is 11.3 Å². The van der Waals surface area contributed by atoms with E-state index in [1.54, 1.807) is 19.0 Å². The molecule has 1 aromatic rings. The van der Waals surface area contributed by atoms with Gasteiger partial charge in [0.05, 0.1) is 0 Å². The van der Waals surface area contributed by atoms with Gasteiger partial charge in [0.25, 0.3) is 5.91 Å². The minimum absolute atomic E-state index is 0.0669. The molecule has 7 heteroatoms. The third-order valence-corrected chi connectivity index (χ3v) is 3.20. The molecule has 0 aliphatic heterocycles. The first kappa shape index (κ1) is 13.9. The molecule has 0 saturated heterocycles. The second kappa shape index (κ2) is 6.51. The SMILES string of the molecule is CNc1nnc(C(=O)N(C)CCCN(C)C)s1. The fourth-order valence-corrected chi connectivity index (χ4v) is 1.99. The van der Waals surface area contributed by atoms with E-state index in [2.05, 4.69) is 20.4 Å². The lowest BCUT2D eigenvalue weighted by atomic mass is 10.3. The van der Waals surface area contributed by atoms with Crippen LogP contribution in [-0.4, -0.2) is 67.2 Å². The van der Waals surface area contributed by atoms with Crippen molar-refractivity contribution in [1.82, 2.24) is 20.0 Å². The molecule has 1 N–H and O–H groups in total. The van der Waals surface area contributed by atoms with E-state index in [1.807, 2.05) is 14.1 Å². The van der Waals surface area contributed by atoms with E-state index >= 15 is 0 Å². The highest BCUT2D eigenvalue weighted by atomic mass is 32.1. The molecular formula is C10H19N5OS. The van der Waals surface area contributed by atoms with E-state index in [0.717, 1.165) is 19.5 Å². The van der Waals surface area contributed by atoms with Crippen molar-refractivity contribution in [3.63, 3.8) is 0 Å². The third kappa shape index (κ3) is 4.27. The number of hydrogen-bond acceptors (Lipinski definition) is 6. The summed E-state index contributed by atoms with van der Waals surface area (Å²) in [5, 5.41) is 11.7. The van der Waals surface area contributed by atoms with Crippen LogP contribution in [-0.2, 0) is 0 Å². The van der Waals surface area contributed by atoms with Gasteiger partial charge in [0.15, 0.2) is 0 Å². The predicted molar refractivity (Wildman–Crippen MR) is 69.6 cm³/mol. The van der Waals surface area contributed by atoms with Crippen LogP contribution in [0.25, 0.3) is 0 Å². The molecule has 0 radical (unpaired) electrons. The number of rotatable bonds is 6. The lowest BCUT2D eigenvalue weighted by Crippen LogP contribution is -2.29. The number of anilines is 1. The van der Waals surface area contributed by atoms with E-state index in [-0.39, 0.29) is 5.91 Å². The Labute approximate surface area is 106 Å². The number of aromatic nitrogens is 2. The smallest absolute Gasteiger partial charge is 0.284 e. The van der Waals surface area contributed by atoms with Crippen LogP contribution < -0.4 is 5.32 Å². The monoisotopic (exact) mass is 257 g/mol. The summed E-state index contributed by atoms with van der Waals surface area (Å²) in [6, 6.07) is 0. The Hall–Kier alpha value is -1.21. The number of nitrogens with one attached hydrogen (secondary N) is 1. The molecule has 6 nitrogen and oxygen atoms in total. The van der Waals surface area contributed by atoms with Crippen LogP contribution in [0.5, 0.6) is 0 Å². The number of carbonyl (C=O) groups excluding carboxylic acids is 1. The Morgan fingerprint density at radius 1 is 1.29 bits per heavy atom. The molecule has 0 bridgehead atoms. The molecule has 1 amide bonds. The molecule has 0 spiro atoms. The summed E-state index contributed by atoms with van der Waals surface area (Å²) in [5.74, 6) is -0.0669. The highest BCUT2D eigenvalue weighted by Crippen LogP contribution is 2.15. The Morgan fingerprint density at radius 3 is 2.53 bits per heavy atom. The average Bonchev–Trinajstić information content (AvgIpc) is 2.75. The largest absolute Gasteiger partial charge is 0.363 e. The van der Waals surface area contributed by atoms with Gasteiger partial charge in [0.1, 0.15) is 0 Å². The standard InChI is InChI=1S/C10H19N5OS/c1-11-10-13-12-8(17-10)9(16)15(4)7-5-6-14(2)3/h5-7H2,1-4H3,(H,11,13). The van der Waals surface area contributed by atoms with E-state index in [9.17, 15) is 4.79 Å². The van der Waals surface area contributed by atoms with Crippen molar-refractivity contribution in [1.29, 1.82) is 0 Å². The van der Waals surface area contributed by atoms with Crippen LogP contribution in [0.15, 0.2) is 0 Å². The first-order valence-electron chi connectivity index (χ1n) is 5.46. The topological polar surface area (TPSA) is 61.4 Å². The summed E-state index contributed by atoms with van der Waals surface area (Å²) in [6.45, 7) is 1.70. The predicted octanol–water partition coefficient (Wildman–Crippen LogP) is 0.603. The van der Waals surface area contributed by atoms with Crippen LogP contribution in [0.2, 0.25) is 0 Å². The maximum Gasteiger partial charge on any atom is 0.284 e. The summed E-state index contributed by atoms with van der Waals surface area (Å²) in [6.07, 6.45) is 0.951. The third-order valence-electron chi connectivity index (χ3n) is 2.27. The second-order valence-corrected chi connectivity index (χ2v) is 5.02. The van der Waals surface area contributed by atoms with Crippen LogP contribution in [0.1, 0.15) is 16.2 Å². The fourth-order valence-electron chi connectivity index (χ4n) is 1.30. The summed E-state index contributed by atoms with van der Waals surface area (Å²) < 4.78 is 0. The van der Waals surface area contributed by atoms with Gasteiger partial charge in [-0.2, -0.15) is 0 Å². The van der Waals surface area contributed by atoms with E-state index in [1.165, 1.54) is 11.3 Å². The molecular weight excluding hydrogens is 238 g/mol. The van der Waals surface area contributed by atoms with Gasteiger partial charge in [0.2, 0.25) is 10.1 Å². The van der Waals surface area contributed by atoms with Crippen LogP contribution in [0, 0.1) is 0 Å². The zero-order valence-corrected chi connectivity index (χ0v) is 11.5. The highest BCUT2D eigenvalue weighted by Gasteiger charge is 2.16. The molecule has 0 fully saturated rings. The van der Waals surface area contributed by atoms with Crippen molar-refractivity contribution in [3.8, 4) is 0 Å². The highest BCUT2D eigenvalue weighted by molar-refractivity contribution is 7.17. The van der Waals surface area contributed by atoms with E-state index in [0.29, 0.717) is 10.1 Å². The molecule has 0 aliphatic rings. The normalized spacial score (nSPS) is 10.6. The van der Waals surface area contributed by atoms with Crippen LogP contribution in [0.3, 0.4) is 0 Å². The average molecular weight is 257 g/mol. The van der Waals surface area contributed by atoms with Crippen molar-refractivity contribution >= 4 is 22.4 Å². The van der Waals surface area contributed by atoms with Gasteiger partial charge in [0, 0.05) is 20.6 Å². The second-order valence-electron chi connectivity index (χ2n) is 4.05. The lowest BCUT2D eigenvalue weighted by Gasteiger charge is -2.16. The van der Waals surface area contributed by atoms with Gasteiger partial charge in [-0.25, -0.2) is 0 Å². The Balaban J connectivity index is 2.46. The first-order chi connectivity index (χ1) is 8.04. The van der Waals surface area contributed by atoms with Crippen molar-refractivity contribution in [2.24, 2.45) is 0 Å². The molecule has 0 aromatic carbocycles. The Morgan fingerprint density at radius 2 is 2.00 bits per heavy atom. The summed E-state index contributed by atoms with van der Waals surface area (Å²) >= 11 is 1.27. The van der Waals surface area contributed by atoms with Crippen molar-refractivity contribution in [2.75, 3.05) is 46.6 Å². The molecule has 0 atom stereocenters. The van der Waals surface area contributed by atoms with Crippen LogP contribution in [0.4, 0.5) is 5.13 Å². The zero-order valence-electron chi connectivity index (χ0n) is 10.7. The maximum absolute atomic E-state index is 11.9. The molecule has 1 heterocycles. The Bertz CT molecular complexity index is 365. The zero-order chi connectivity index (χ0) is 12.8. The summed E-state index contributed by atoms with van der Waals surface area (Å²) in [4.78, 5) is 15.7.